The molecule has 0 unspecified atom stereocenters. The first-order chi connectivity index (χ1) is 11.8. The molecule has 0 saturated heterocycles. The van der Waals surface area contributed by atoms with Crippen LogP contribution in [0.25, 0.3) is 0 Å². The molecule has 0 heterocycles. The van der Waals surface area contributed by atoms with E-state index in [1.165, 1.54) is 18.3 Å². The molecule has 0 fully saturated rings. The van der Waals surface area contributed by atoms with Crippen molar-refractivity contribution in [1.29, 1.82) is 0 Å². The fourth-order valence-corrected chi connectivity index (χ4v) is 2.56. The summed E-state index contributed by atoms with van der Waals surface area (Å²) in [5.74, 6) is -2.00. The normalized spacial score (nSPS) is 10.7. The minimum absolute atomic E-state index is 0.0491. The number of aromatic hydroxyl groups is 1. The number of hydrogen-bond donors (Lipinski definition) is 3. The minimum Gasteiger partial charge on any atom is -0.505 e. The molecule has 8 heteroatoms. The lowest BCUT2D eigenvalue weighted by Gasteiger charge is -2.10. The molecule has 0 aromatic heterocycles. The van der Waals surface area contributed by atoms with Crippen molar-refractivity contribution < 1.29 is 14.7 Å². The van der Waals surface area contributed by atoms with E-state index in [-0.39, 0.29) is 15.8 Å². The number of hydrazone groups is 1. The third-order valence-electron chi connectivity index (χ3n) is 3.34. The zero-order valence-corrected chi connectivity index (χ0v) is 14.9. The van der Waals surface area contributed by atoms with Crippen LogP contribution in [0, 0.1) is 13.8 Å². The van der Waals surface area contributed by atoms with Crippen LogP contribution < -0.4 is 10.7 Å². The van der Waals surface area contributed by atoms with Crippen molar-refractivity contribution >= 4 is 46.9 Å². The fourth-order valence-electron chi connectivity index (χ4n) is 2.06. The molecule has 3 N–H and O–H groups in total. The van der Waals surface area contributed by atoms with Crippen LogP contribution in [0.3, 0.4) is 0 Å². The van der Waals surface area contributed by atoms with Gasteiger partial charge in [-0.15, -0.1) is 0 Å². The standard InChI is InChI=1S/C17H15Cl2N3O3/c1-9-4-3-5-10(2)14(9)21-16(24)17(25)22-20-8-11-6-12(18)15(23)13(19)7-11/h3-8,23H,1-2H3,(H,21,24)(H,22,25)/b20-8+. The van der Waals surface area contributed by atoms with Gasteiger partial charge in [0, 0.05) is 5.69 Å². The Hall–Kier alpha value is -2.57. The number of aryl methyl sites for hydroxylation is 2. The number of phenolic OH excluding ortho intramolecular Hbond substituents is 1. The number of carbonyl (C=O) groups excluding carboxylic acids is 2. The highest BCUT2D eigenvalue weighted by Crippen LogP contribution is 2.32. The maximum absolute atomic E-state index is 11.9. The SMILES string of the molecule is Cc1cccc(C)c1NC(=O)C(=O)N/N=C/c1cc(Cl)c(O)c(Cl)c1. The van der Waals surface area contributed by atoms with E-state index in [4.69, 9.17) is 23.2 Å². The molecule has 0 aliphatic rings. The lowest BCUT2D eigenvalue weighted by Crippen LogP contribution is -2.32. The van der Waals surface area contributed by atoms with Crippen molar-refractivity contribution in [3.05, 3.63) is 57.1 Å². The molecule has 2 rings (SSSR count). The number of benzene rings is 2. The summed E-state index contributed by atoms with van der Waals surface area (Å²) >= 11 is 11.6. The molecule has 0 radical (unpaired) electrons. The van der Waals surface area contributed by atoms with Gasteiger partial charge in [0.05, 0.1) is 16.3 Å². The van der Waals surface area contributed by atoms with E-state index in [0.717, 1.165) is 11.1 Å². The van der Waals surface area contributed by atoms with Crippen LogP contribution in [0.1, 0.15) is 16.7 Å². The fraction of sp³-hybridized carbons (Fsp3) is 0.118. The number of nitrogens with one attached hydrogen (secondary N) is 2. The van der Waals surface area contributed by atoms with Crippen molar-refractivity contribution in [2.45, 2.75) is 13.8 Å². The predicted molar refractivity (Wildman–Crippen MR) is 98.4 cm³/mol. The summed E-state index contributed by atoms with van der Waals surface area (Å²) in [5.41, 5.74) is 4.84. The average Bonchev–Trinajstić information content (AvgIpc) is 2.55. The molecule has 0 saturated carbocycles. The number of nitrogens with zero attached hydrogens (tertiary/aromatic N) is 1. The van der Waals surface area contributed by atoms with Crippen LogP contribution in [-0.2, 0) is 9.59 Å². The zero-order valence-electron chi connectivity index (χ0n) is 13.4. The maximum atomic E-state index is 11.9. The molecule has 0 bridgehead atoms. The topological polar surface area (TPSA) is 90.8 Å². The van der Waals surface area contributed by atoms with Crippen molar-refractivity contribution in [2.75, 3.05) is 5.32 Å². The van der Waals surface area contributed by atoms with Gasteiger partial charge in [0.15, 0.2) is 5.75 Å². The van der Waals surface area contributed by atoms with E-state index in [1.54, 1.807) is 0 Å². The van der Waals surface area contributed by atoms with Crippen molar-refractivity contribution in [3.8, 4) is 5.75 Å². The van der Waals surface area contributed by atoms with Gasteiger partial charge in [-0.1, -0.05) is 41.4 Å². The summed E-state index contributed by atoms with van der Waals surface area (Å²) in [6, 6.07) is 8.34. The Labute approximate surface area is 154 Å². The summed E-state index contributed by atoms with van der Waals surface area (Å²) in [4.78, 5) is 23.8. The van der Waals surface area contributed by atoms with Gasteiger partial charge in [0.25, 0.3) is 0 Å². The Bertz CT molecular complexity index is 823. The summed E-state index contributed by atoms with van der Waals surface area (Å²) in [6.07, 6.45) is 1.25. The van der Waals surface area contributed by atoms with E-state index in [2.05, 4.69) is 15.8 Å². The van der Waals surface area contributed by atoms with Crippen LogP contribution in [0.15, 0.2) is 35.4 Å². The number of amides is 2. The summed E-state index contributed by atoms with van der Waals surface area (Å²) < 4.78 is 0. The molecule has 130 valence electrons. The zero-order chi connectivity index (χ0) is 18.6. The van der Waals surface area contributed by atoms with Crippen LogP contribution >= 0.6 is 23.2 Å². The number of anilines is 1. The highest BCUT2D eigenvalue weighted by Gasteiger charge is 2.15. The number of carbonyl (C=O) groups is 2. The van der Waals surface area contributed by atoms with Crippen molar-refractivity contribution in [2.24, 2.45) is 5.10 Å². The smallest absolute Gasteiger partial charge is 0.329 e. The molecule has 25 heavy (non-hydrogen) atoms. The van der Waals surface area contributed by atoms with Crippen molar-refractivity contribution in [3.63, 3.8) is 0 Å². The first-order valence-electron chi connectivity index (χ1n) is 7.18. The van der Waals surface area contributed by atoms with Gasteiger partial charge in [0.1, 0.15) is 0 Å². The highest BCUT2D eigenvalue weighted by atomic mass is 35.5. The number of halogens is 2. The molecule has 0 atom stereocenters. The number of para-hydroxylation sites is 1. The Morgan fingerprint density at radius 3 is 2.20 bits per heavy atom. The van der Waals surface area contributed by atoms with Crippen LogP contribution in [0.2, 0.25) is 10.0 Å². The molecule has 0 spiro atoms. The van der Waals surface area contributed by atoms with Crippen molar-refractivity contribution in [1.82, 2.24) is 5.43 Å². The lowest BCUT2D eigenvalue weighted by molar-refractivity contribution is -0.136. The molecular formula is C17H15Cl2N3O3. The van der Waals surface area contributed by atoms with Gasteiger partial charge < -0.3 is 10.4 Å². The number of phenols is 1. The van der Waals surface area contributed by atoms with Gasteiger partial charge in [-0.2, -0.15) is 5.10 Å². The van der Waals surface area contributed by atoms with E-state index in [1.807, 2.05) is 32.0 Å². The third kappa shape index (κ3) is 4.71. The molecular weight excluding hydrogens is 365 g/mol. The Morgan fingerprint density at radius 2 is 1.64 bits per heavy atom. The second-order valence-electron chi connectivity index (χ2n) is 5.25. The van der Waals surface area contributed by atoms with Crippen LogP contribution in [0.5, 0.6) is 5.75 Å². The minimum atomic E-state index is -0.921. The molecule has 6 nitrogen and oxygen atoms in total. The second-order valence-corrected chi connectivity index (χ2v) is 6.07. The van der Waals surface area contributed by atoms with Gasteiger partial charge in [-0.25, -0.2) is 5.43 Å². The maximum Gasteiger partial charge on any atom is 0.329 e. The Balaban J connectivity index is 2.01. The lowest BCUT2D eigenvalue weighted by atomic mass is 10.1. The first kappa shape index (κ1) is 18.8. The first-order valence-corrected chi connectivity index (χ1v) is 7.93. The monoisotopic (exact) mass is 379 g/mol. The Kier molecular flexibility index (Phi) is 6.01. The summed E-state index contributed by atoms with van der Waals surface area (Å²) in [7, 11) is 0. The van der Waals surface area contributed by atoms with Gasteiger partial charge >= 0.3 is 11.8 Å². The second kappa shape index (κ2) is 8.00. The van der Waals surface area contributed by atoms with Gasteiger partial charge in [-0.3, -0.25) is 9.59 Å². The summed E-state index contributed by atoms with van der Waals surface area (Å²) in [5, 5.41) is 15.8. The molecule has 2 aromatic carbocycles. The largest absolute Gasteiger partial charge is 0.505 e. The molecule has 2 aromatic rings. The highest BCUT2D eigenvalue weighted by molar-refractivity contribution is 6.40. The van der Waals surface area contributed by atoms with E-state index < -0.39 is 11.8 Å². The van der Waals surface area contributed by atoms with Crippen LogP contribution in [-0.4, -0.2) is 23.1 Å². The predicted octanol–water partition coefficient (Wildman–Crippen LogP) is 3.40. The quantitative estimate of drug-likeness (QED) is 0.433. The average molecular weight is 380 g/mol. The van der Waals surface area contributed by atoms with E-state index >= 15 is 0 Å². The molecule has 0 aliphatic carbocycles. The summed E-state index contributed by atoms with van der Waals surface area (Å²) in [6.45, 7) is 3.66. The molecule has 2 amide bonds. The number of rotatable bonds is 3. The Morgan fingerprint density at radius 1 is 1.08 bits per heavy atom. The third-order valence-corrected chi connectivity index (χ3v) is 3.92. The van der Waals surface area contributed by atoms with Gasteiger partial charge in [-0.05, 0) is 42.7 Å². The van der Waals surface area contributed by atoms with E-state index in [9.17, 15) is 14.7 Å². The van der Waals surface area contributed by atoms with Gasteiger partial charge in [0.2, 0.25) is 0 Å². The molecule has 0 aliphatic heterocycles. The van der Waals surface area contributed by atoms with E-state index in [0.29, 0.717) is 11.3 Å². The van der Waals surface area contributed by atoms with Crippen LogP contribution in [0.4, 0.5) is 5.69 Å². The number of hydrogen-bond acceptors (Lipinski definition) is 4.